The molecule has 0 amide bonds. The van der Waals surface area contributed by atoms with Crippen LogP contribution in [0, 0.1) is 0 Å². The molecule has 90 valence electrons. The molecule has 2 rings (SSSR count). The standard InChI is InChI=1S/C11H13BrN4S/c12-10-2-1-9(17-10)8(16-14)5-7-3-4-15-11(13)6-7/h1-4,6,8,16H,5,14H2,(H2,13,15). The summed E-state index contributed by atoms with van der Waals surface area (Å²) in [4.78, 5) is 5.16. The summed E-state index contributed by atoms with van der Waals surface area (Å²) < 4.78 is 1.10. The second kappa shape index (κ2) is 5.59. The molecule has 1 atom stereocenters. The number of hydrogen-bond donors (Lipinski definition) is 3. The van der Waals surface area contributed by atoms with Crippen LogP contribution >= 0.6 is 27.3 Å². The number of nitrogen functional groups attached to an aromatic ring is 1. The Morgan fingerprint density at radius 2 is 2.24 bits per heavy atom. The molecule has 0 aliphatic rings. The van der Waals surface area contributed by atoms with Crippen LogP contribution in [-0.2, 0) is 6.42 Å². The van der Waals surface area contributed by atoms with E-state index in [1.165, 1.54) is 4.88 Å². The van der Waals surface area contributed by atoms with Crippen molar-refractivity contribution in [2.24, 2.45) is 5.84 Å². The van der Waals surface area contributed by atoms with E-state index < -0.39 is 0 Å². The van der Waals surface area contributed by atoms with Crippen molar-refractivity contribution in [3.63, 3.8) is 0 Å². The molecule has 6 heteroatoms. The van der Waals surface area contributed by atoms with Gasteiger partial charge in [0.25, 0.3) is 0 Å². The zero-order valence-electron chi connectivity index (χ0n) is 9.06. The highest BCUT2D eigenvalue weighted by Crippen LogP contribution is 2.28. The van der Waals surface area contributed by atoms with Crippen molar-refractivity contribution in [1.29, 1.82) is 0 Å². The van der Waals surface area contributed by atoms with Crippen LogP contribution in [-0.4, -0.2) is 4.98 Å². The first-order chi connectivity index (χ1) is 8.19. The normalized spacial score (nSPS) is 12.6. The molecular weight excluding hydrogens is 300 g/mol. The van der Waals surface area contributed by atoms with E-state index in [-0.39, 0.29) is 6.04 Å². The van der Waals surface area contributed by atoms with Crippen LogP contribution in [0.2, 0.25) is 0 Å². The minimum absolute atomic E-state index is 0.0908. The Balaban J connectivity index is 2.15. The second-order valence-electron chi connectivity index (χ2n) is 3.65. The van der Waals surface area contributed by atoms with Gasteiger partial charge in [-0.15, -0.1) is 11.3 Å². The molecule has 0 aliphatic carbocycles. The average Bonchev–Trinajstić information content (AvgIpc) is 2.73. The summed E-state index contributed by atoms with van der Waals surface area (Å²) in [6, 6.07) is 7.99. The van der Waals surface area contributed by atoms with Crippen LogP contribution in [0.5, 0.6) is 0 Å². The predicted molar refractivity (Wildman–Crippen MR) is 74.4 cm³/mol. The molecule has 0 aliphatic heterocycles. The fourth-order valence-electron chi connectivity index (χ4n) is 1.61. The van der Waals surface area contributed by atoms with E-state index in [9.17, 15) is 0 Å². The van der Waals surface area contributed by atoms with Crippen LogP contribution in [0.1, 0.15) is 16.5 Å². The van der Waals surface area contributed by atoms with Gasteiger partial charge >= 0.3 is 0 Å². The smallest absolute Gasteiger partial charge is 0.123 e. The number of halogens is 1. The highest BCUT2D eigenvalue weighted by Gasteiger charge is 2.12. The van der Waals surface area contributed by atoms with Crippen LogP contribution in [0.25, 0.3) is 0 Å². The third-order valence-electron chi connectivity index (χ3n) is 2.42. The highest BCUT2D eigenvalue weighted by atomic mass is 79.9. The molecule has 2 aromatic rings. The van der Waals surface area contributed by atoms with E-state index in [4.69, 9.17) is 11.6 Å². The summed E-state index contributed by atoms with van der Waals surface area (Å²) in [5, 5.41) is 0. The van der Waals surface area contributed by atoms with Crippen molar-refractivity contribution in [2.75, 3.05) is 5.73 Å². The molecule has 4 nitrogen and oxygen atoms in total. The lowest BCUT2D eigenvalue weighted by Crippen LogP contribution is -2.28. The lowest BCUT2D eigenvalue weighted by atomic mass is 10.1. The summed E-state index contributed by atoms with van der Waals surface area (Å²) in [5.41, 5.74) is 9.59. The molecule has 17 heavy (non-hydrogen) atoms. The molecule has 0 fully saturated rings. The maximum atomic E-state index is 5.65. The zero-order valence-corrected chi connectivity index (χ0v) is 11.5. The molecule has 5 N–H and O–H groups in total. The first kappa shape index (κ1) is 12.5. The van der Waals surface area contributed by atoms with E-state index >= 15 is 0 Å². The molecule has 0 saturated heterocycles. The first-order valence-corrected chi connectivity index (χ1v) is 6.72. The maximum absolute atomic E-state index is 5.65. The highest BCUT2D eigenvalue weighted by molar-refractivity contribution is 9.11. The minimum atomic E-state index is 0.0908. The van der Waals surface area contributed by atoms with Gasteiger partial charge < -0.3 is 5.73 Å². The number of thiophene rings is 1. The number of nitrogens with two attached hydrogens (primary N) is 2. The van der Waals surface area contributed by atoms with Gasteiger partial charge in [0.2, 0.25) is 0 Å². The molecule has 2 aromatic heterocycles. The number of nitrogens with one attached hydrogen (secondary N) is 1. The predicted octanol–water partition coefficient (Wildman–Crippen LogP) is 2.23. The number of pyridine rings is 1. The van der Waals surface area contributed by atoms with Gasteiger partial charge in [-0.05, 0) is 52.2 Å². The van der Waals surface area contributed by atoms with Gasteiger partial charge in [0.1, 0.15) is 5.82 Å². The van der Waals surface area contributed by atoms with Crippen LogP contribution < -0.4 is 17.0 Å². The first-order valence-electron chi connectivity index (χ1n) is 5.11. The fraction of sp³-hybridized carbons (Fsp3) is 0.182. The van der Waals surface area contributed by atoms with Gasteiger partial charge in [-0.3, -0.25) is 11.3 Å². The Bertz CT molecular complexity index is 500. The van der Waals surface area contributed by atoms with Crippen molar-refractivity contribution in [3.8, 4) is 0 Å². The maximum Gasteiger partial charge on any atom is 0.123 e. The topological polar surface area (TPSA) is 77.0 Å². The summed E-state index contributed by atoms with van der Waals surface area (Å²) in [7, 11) is 0. The molecule has 0 bridgehead atoms. The SMILES string of the molecule is NNC(Cc1ccnc(N)c1)c1ccc(Br)s1. The van der Waals surface area contributed by atoms with Crippen LogP contribution in [0.3, 0.4) is 0 Å². The van der Waals surface area contributed by atoms with Crippen molar-refractivity contribution in [3.05, 3.63) is 44.7 Å². The number of anilines is 1. The second-order valence-corrected chi connectivity index (χ2v) is 6.15. The number of rotatable bonds is 4. The molecule has 0 spiro atoms. The van der Waals surface area contributed by atoms with Crippen LogP contribution in [0.15, 0.2) is 34.2 Å². The van der Waals surface area contributed by atoms with Gasteiger partial charge in [0.05, 0.1) is 9.83 Å². The van der Waals surface area contributed by atoms with Crippen molar-refractivity contribution >= 4 is 33.1 Å². The number of hydrogen-bond acceptors (Lipinski definition) is 5. The van der Waals surface area contributed by atoms with E-state index in [2.05, 4.69) is 32.4 Å². The van der Waals surface area contributed by atoms with Crippen LogP contribution in [0.4, 0.5) is 5.82 Å². The third-order valence-corrected chi connectivity index (χ3v) is 4.16. The Kier molecular flexibility index (Phi) is 4.11. The Labute approximate surface area is 112 Å². The summed E-state index contributed by atoms with van der Waals surface area (Å²) in [5.74, 6) is 6.13. The summed E-state index contributed by atoms with van der Waals surface area (Å²) in [6.45, 7) is 0. The van der Waals surface area contributed by atoms with Gasteiger partial charge in [-0.1, -0.05) is 0 Å². The lowest BCUT2D eigenvalue weighted by molar-refractivity contribution is 0.560. The summed E-state index contributed by atoms with van der Waals surface area (Å²) in [6.07, 6.45) is 2.50. The molecule has 0 saturated carbocycles. The lowest BCUT2D eigenvalue weighted by Gasteiger charge is -2.14. The van der Waals surface area contributed by atoms with Crippen molar-refractivity contribution < 1.29 is 0 Å². The van der Waals surface area contributed by atoms with Gasteiger partial charge in [-0.2, -0.15) is 0 Å². The molecule has 0 radical (unpaired) electrons. The van der Waals surface area contributed by atoms with E-state index in [0.717, 1.165) is 15.8 Å². The van der Waals surface area contributed by atoms with E-state index in [1.807, 2.05) is 18.2 Å². The molecule has 1 unspecified atom stereocenters. The molecule has 0 aromatic carbocycles. The summed E-state index contributed by atoms with van der Waals surface area (Å²) >= 11 is 5.12. The zero-order chi connectivity index (χ0) is 12.3. The van der Waals surface area contributed by atoms with Gasteiger partial charge in [0.15, 0.2) is 0 Å². The molecule has 2 heterocycles. The number of nitrogens with zero attached hydrogens (tertiary/aromatic N) is 1. The molecular formula is C11H13BrN4S. The van der Waals surface area contributed by atoms with E-state index in [0.29, 0.717) is 5.82 Å². The third kappa shape index (κ3) is 3.26. The minimum Gasteiger partial charge on any atom is -0.384 e. The quantitative estimate of drug-likeness (QED) is 0.597. The largest absolute Gasteiger partial charge is 0.384 e. The Morgan fingerprint density at radius 3 is 2.82 bits per heavy atom. The number of hydrazine groups is 1. The Hall–Kier alpha value is -0.950. The number of aromatic nitrogens is 1. The average molecular weight is 313 g/mol. The van der Waals surface area contributed by atoms with Gasteiger partial charge in [-0.25, -0.2) is 4.98 Å². The van der Waals surface area contributed by atoms with Crippen molar-refractivity contribution in [1.82, 2.24) is 10.4 Å². The van der Waals surface area contributed by atoms with E-state index in [1.54, 1.807) is 17.5 Å². The van der Waals surface area contributed by atoms with Crippen molar-refractivity contribution in [2.45, 2.75) is 12.5 Å². The Morgan fingerprint density at radius 1 is 1.41 bits per heavy atom. The van der Waals surface area contributed by atoms with Gasteiger partial charge in [0, 0.05) is 11.1 Å². The fourth-order valence-corrected chi connectivity index (χ4v) is 3.10. The monoisotopic (exact) mass is 312 g/mol.